The molecule has 1 nitrogen and oxygen atoms in total. The number of ether oxygens (including phenoxy) is 1. The van der Waals surface area contributed by atoms with E-state index in [2.05, 4.69) is 103 Å². The van der Waals surface area contributed by atoms with E-state index in [9.17, 15) is 0 Å². The Bertz CT molecular complexity index is 989. The molecule has 0 fully saturated rings. The Labute approximate surface area is 168 Å². The molecule has 0 amide bonds. The zero-order valence-corrected chi connectivity index (χ0v) is 16.8. The van der Waals surface area contributed by atoms with Crippen LogP contribution in [0.1, 0.15) is 11.1 Å². The zero-order chi connectivity index (χ0) is 19.2. The molecule has 0 aliphatic rings. The van der Waals surface area contributed by atoms with Gasteiger partial charge in [-0.1, -0.05) is 97.1 Å². The Morgan fingerprint density at radius 2 is 1.25 bits per heavy atom. The van der Waals surface area contributed by atoms with Gasteiger partial charge in [0.25, 0.3) is 0 Å². The van der Waals surface area contributed by atoms with Crippen molar-refractivity contribution in [2.24, 2.45) is 0 Å². The fourth-order valence-electron chi connectivity index (χ4n) is 3.46. The van der Waals surface area contributed by atoms with Crippen molar-refractivity contribution in [3.63, 3.8) is 0 Å². The van der Waals surface area contributed by atoms with Crippen LogP contribution in [0.5, 0.6) is 5.75 Å². The molecule has 0 radical (unpaired) electrons. The van der Waals surface area contributed by atoms with E-state index < -0.39 is 7.92 Å². The molecule has 0 heterocycles. The van der Waals surface area contributed by atoms with Crippen LogP contribution >= 0.6 is 7.92 Å². The molecule has 0 atom stereocenters. The molecule has 0 saturated heterocycles. The summed E-state index contributed by atoms with van der Waals surface area (Å²) in [7, 11) is 1.11. The quantitative estimate of drug-likeness (QED) is 0.424. The predicted molar refractivity (Wildman–Crippen MR) is 121 cm³/mol. The molecule has 0 aliphatic heterocycles. The maximum absolute atomic E-state index is 5.41. The van der Waals surface area contributed by atoms with E-state index in [1.807, 2.05) is 6.07 Å². The molecule has 0 aromatic heterocycles. The van der Waals surface area contributed by atoms with E-state index in [-0.39, 0.29) is 0 Å². The molecule has 0 aliphatic carbocycles. The van der Waals surface area contributed by atoms with Crippen LogP contribution in [-0.4, -0.2) is 7.11 Å². The largest absolute Gasteiger partial charge is 0.497 e. The van der Waals surface area contributed by atoms with Crippen molar-refractivity contribution in [2.75, 3.05) is 7.11 Å². The maximum Gasteiger partial charge on any atom is 0.119 e. The maximum atomic E-state index is 5.41. The summed E-state index contributed by atoms with van der Waals surface area (Å²) in [5.41, 5.74) is 2.64. The summed E-state index contributed by atoms with van der Waals surface area (Å²) in [6, 6.07) is 38.9. The summed E-state index contributed by atoms with van der Waals surface area (Å²) in [6.45, 7) is 0. The Morgan fingerprint density at radius 1 is 0.643 bits per heavy atom. The topological polar surface area (TPSA) is 9.23 Å². The first-order valence-electron chi connectivity index (χ1n) is 9.46. The first-order chi connectivity index (χ1) is 13.8. The van der Waals surface area contributed by atoms with Gasteiger partial charge in [0.05, 0.1) is 7.11 Å². The number of rotatable bonds is 6. The number of hydrogen-bond acceptors (Lipinski definition) is 1. The minimum Gasteiger partial charge on any atom is -0.497 e. The van der Waals surface area contributed by atoms with Crippen LogP contribution < -0.4 is 20.7 Å². The number of hydrogen-bond donors (Lipinski definition) is 0. The standard InChI is InChI=1S/C26H23OP/c1-27-23-13-10-11-21(20-23)19-22-12-8-9-18-26(22)28(24-14-4-2-5-15-24)25-16-6-3-7-17-25/h2-18,20H,19H2,1H3. The third-order valence-electron chi connectivity index (χ3n) is 4.79. The van der Waals surface area contributed by atoms with Gasteiger partial charge >= 0.3 is 0 Å². The first kappa shape index (κ1) is 18.5. The van der Waals surface area contributed by atoms with Gasteiger partial charge in [-0.05, 0) is 53.5 Å². The van der Waals surface area contributed by atoms with Gasteiger partial charge in [0.2, 0.25) is 0 Å². The zero-order valence-electron chi connectivity index (χ0n) is 16.0. The molecule has 0 bridgehead atoms. The highest BCUT2D eigenvalue weighted by atomic mass is 31.1. The van der Waals surface area contributed by atoms with Gasteiger partial charge in [0.1, 0.15) is 5.75 Å². The van der Waals surface area contributed by atoms with E-state index in [4.69, 9.17) is 4.74 Å². The Hall–Kier alpha value is -2.89. The van der Waals surface area contributed by atoms with Gasteiger partial charge in [-0.25, -0.2) is 0 Å². The fourth-order valence-corrected chi connectivity index (χ4v) is 5.93. The molecule has 4 aromatic carbocycles. The molecule has 0 unspecified atom stereocenters. The monoisotopic (exact) mass is 382 g/mol. The Balaban J connectivity index is 1.79. The lowest BCUT2D eigenvalue weighted by Gasteiger charge is -2.22. The summed E-state index contributed by atoms with van der Waals surface area (Å²) in [5, 5.41) is 4.17. The van der Waals surface area contributed by atoms with Crippen LogP contribution in [0, 0.1) is 0 Å². The van der Waals surface area contributed by atoms with E-state index in [0.717, 1.165) is 12.2 Å². The second-order valence-electron chi connectivity index (χ2n) is 6.66. The molecule has 0 spiro atoms. The predicted octanol–water partition coefficient (Wildman–Crippen LogP) is 5.04. The van der Waals surface area contributed by atoms with E-state index in [1.165, 1.54) is 27.0 Å². The van der Waals surface area contributed by atoms with Crippen LogP contribution in [0.4, 0.5) is 0 Å². The number of methoxy groups -OCH3 is 1. The van der Waals surface area contributed by atoms with E-state index in [0.29, 0.717) is 0 Å². The third kappa shape index (κ3) is 4.16. The molecule has 28 heavy (non-hydrogen) atoms. The average Bonchev–Trinajstić information content (AvgIpc) is 2.77. The highest BCUT2D eigenvalue weighted by Crippen LogP contribution is 2.34. The SMILES string of the molecule is COc1cccc(Cc2ccccc2P(c2ccccc2)c2ccccc2)c1. The van der Waals surface area contributed by atoms with Gasteiger partial charge < -0.3 is 4.74 Å². The Morgan fingerprint density at radius 3 is 1.89 bits per heavy atom. The minimum atomic E-state index is -0.606. The van der Waals surface area contributed by atoms with Crippen LogP contribution in [0.25, 0.3) is 0 Å². The highest BCUT2D eigenvalue weighted by Gasteiger charge is 2.19. The molecular weight excluding hydrogens is 359 g/mol. The summed E-state index contributed by atoms with van der Waals surface area (Å²) < 4.78 is 5.41. The van der Waals surface area contributed by atoms with Crippen molar-refractivity contribution in [2.45, 2.75) is 6.42 Å². The van der Waals surface area contributed by atoms with Crippen LogP contribution in [0.15, 0.2) is 109 Å². The lowest BCUT2D eigenvalue weighted by Crippen LogP contribution is -2.23. The van der Waals surface area contributed by atoms with Crippen LogP contribution in [-0.2, 0) is 6.42 Å². The van der Waals surface area contributed by atoms with E-state index >= 15 is 0 Å². The molecule has 4 aromatic rings. The third-order valence-corrected chi connectivity index (χ3v) is 7.34. The van der Waals surface area contributed by atoms with Gasteiger partial charge in [0.15, 0.2) is 0 Å². The smallest absolute Gasteiger partial charge is 0.119 e. The highest BCUT2D eigenvalue weighted by molar-refractivity contribution is 7.79. The fraction of sp³-hybridized carbons (Fsp3) is 0.0769. The normalized spacial score (nSPS) is 10.8. The van der Waals surface area contributed by atoms with Crippen LogP contribution in [0.2, 0.25) is 0 Å². The second-order valence-corrected chi connectivity index (χ2v) is 8.85. The lowest BCUT2D eigenvalue weighted by molar-refractivity contribution is 0.414. The summed E-state index contributed by atoms with van der Waals surface area (Å²) >= 11 is 0. The summed E-state index contributed by atoms with van der Waals surface area (Å²) in [4.78, 5) is 0. The van der Waals surface area contributed by atoms with Crippen molar-refractivity contribution < 1.29 is 4.74 Å². The van der Waals surface area contributed by atoms with Crippen molar-refractivity contribution in [3.05, 3.63) is 120 Å². The second kappa shape index (κ2) is 8.87. The van der Waals surface area contributed by atoms with Gasteiger partial charge in [0, 0.05) is 0 Å². The molecule has 2 heteroatoms. The minimum absolute atomic E-state index is 0.606. The van der Waals surface area contributed by atoms with Crippen molar-refractivity contribution in [3.8, 4) is 5.75 Å². The summed E-state index contributed by atoms with van der Waals surface area (Å²) in [6.07, 6.45) is 0.895. The molecule has 0 N–H and O–H groups in total. The number of benzene rings is 4. The molecule has 138 valence electrons. The molecule has 0 saturated carbocycles. The average molecular weight is 382 g/mol. The van der Waals surface area contributed by atoms with Gasteiger partial charge in [-0.2, -0.15) is 0 Å². The van der Waals surface area contributed by atoms with E-state index in [1.54, 1.807) is 7.11 Å². The van der Waals surface area contributed by atoms with Crippen LogP contribution in [0.3, 0.4) is 0 Å². The Kier molecular flexibility index (Phi) is 5.85. The summed E-state index contributed by atoms with van der Waals surface area (Å²) in [5.74, 6) is 0.906. The van der Waals surface area contributed by atoms with Crippen molar-refractivity contribution in [1.29, 1.82) is 0 Å². The lowest BCUT2D eigenvalue weighted by atomic mass is 10.0. The van der Waals surface area contributed by atoms with Gasteiger partial charge in [-0.3, -0.25) is 0 Å². The molecule has 4 rings (SSSR count). The van der Waals surface area contributed by atoms with Gasteiger partial charge in [-0.15, -0.1) is 0 Å². The first-order valence-corrected chi connectivity index (χ1v) is 10.8. The van der Waals surface area contributed by atoms with Crippen molar-refractivity contribution >= 4 is 23.8 Å². The van der Waals surface area contributed by atoms with Crippen molar-refractivity contribution in [1.82, 2.24) is 0 Å². The molecular formula is C26H23OP.